The molecule has 0 spiro atoms. The molecule has 0 aliphatic carbocycles. The summed E-state index contributed by atoms with van der Waals surface area (Å²) < 4.78 is 17.3. The van der Waals surface area contributed by atoms with Crippen molar-refractivity contribution in [2.75, 3.05) is 19.8 Å². The van der Waals surface area contributed by atoms with Gasteiger partial charge < -0.3 is 14.2 Å². The van der Waals surface area contributed by atoms with Crippen LogP contribution in [0.1, 0.15) is 201 Å². The Morgan fingerprint density at radius 2 is 0.719 bits per heavy atom. The first-order valence-corrected chi connectivity index (χ1v) is 25.7. The molecular weight excluding hydrogens is 789 g/mol. The summed E-state index contributed by atoms with van der Waals surface area (Å²) in [6.45, 7) is 7.41. The third-order valence-corrected chi connectivity index (χ3v) is 10.1. The number of rotatable bonds is 45. The Kier molecular flexibility index (Phi) is 50.1. The van der Waals surface area contributed by atoms with E-state index >= 15 is 0 Å². The van der Waals surface area contributed by atoms with Crippen molar-refractivity contribution in [3.8, 4) is 0 Å². The quantitative estimate of drug-likeness (QED) is 0.0346. The Morgan fingerprint density at radius 3 is 1.17 bits per heavy atom. The van der Waals surface area contributed by atoms with E-state index in [-0.39, 0.29) is 25.2 Å². The average molecular weight is 883 g/mol. The van der Waals surface area contributed by atoms with Gasteiger partial charge in [-0.1, -0.05) is 199 Å². The highest BCUT2D eigenvalue weighted by atomic mass is 16.6. The standard InChI is InChI=1S/C59H94O5/c1-4-7-10-13-16-19-22-25-28-30-32-34-37-40-43-46-49-52-58(60)63-56-57(55-62-54-51-48-45-42-39-36-27-24-21-18-15-12-9-6-3)64-59(61)53-50-47-44-41-38-35-33-31-29-26-23-20-17-14-11-8-5-2/h7-8,10-12,15-17,19-21,24-26,28-29,32-35,40,43,57H,4-6,9,13-14,18,22-23,27,30-31,36-39,41-42,44-56H2,1-3H3/b10-7-,11-8-,15-12-,19-16-,20-17-,24-21-,28-25-,29-26-,34-32-,35-33-,43-40-. The summed E-state index contributed by atoms with van der Waals surface area (Å²) in [5.74, 6) is -0.509. The van der Waals surface area contributed by atoms with Crippen molar-refractivity contribution in [3.63, 3.8) is 0 Å². The van der Waals surface area contributed by atoms with Crippen LogP contribution in [0.5, 0.6) is 0 Å². The zero-order valence-electron chi connectivity index (χ0n) is 41.2. The van der Waals surface area contributed by atoms with Crippen LogP contribution in [0.15, 0.2) is 134 Å². The van der Waals surface area contributed by atoms with Gasteiger partial charge in [-0.3, -0.25) is 9.59 Å². The Balaban J connectivity index is 4.46. The van der Waals surface area contributed by atoms with Crippen molar-refractivity contribution in [2.24, 2.45) is 0 Å². The summed E-state index contributed by atoms with van der Waals surface area (Å²) in [4.78, 5) is 25.4. The highest BCUT2D eigenvalue weighted by Gasteiger charge is 2.17. The van der Waals surface area contributed by atoms with Gasteiger partial charge in [0, 0.05) is 19.4 Å². The summed E-state index contributed by atoms with van der Waals surface area (Å²) in [7, 11) is 0. The van der Waals surface area contributed by atoms with E-state index < -0.39 is 6.10 Å². The van der Waals surface area contributed by atoms with Crippen molar-refractivity contribution in [1.29, 1.82) is 0 Å². The Labute approximate surface area is 394 Å². The van der Waals surface area contributed by atoms with Crippen LogP contribution in [-0.2, 0) is 23.8 Å². The molecule has 360 valence electrons. The van der Waals surface area contributed by atoms with Gasteiger partial charge in [0.1, 0.15) is 6.61 Å². The first-order valence-electron chi connectivity index (χ1n) is 25.7. The van der Waals surface area contributed by atoms with Crippen molar-refractivity contribution >= 4 is 11.9 Å². The van der Waals surface area contributed by atoms with Crippen LogP contribution in [0.4, 0.5) is 0 Å². The molecular formula is C59H94O5. The minimum absolute atomic E-state index is 0.0323. The average Bonchev–Trinajstić information content (AvgIpc) is 3.30. The lowest BCUT2D eigenvalue weighted by atomic mass is 10.1. The highest BCUT2D eigenvalue weighted by Crippen LogP contribution is 2.11. The molecule has 0 amide bonds. The molecule has 1 atom stereocenters. The maximum Gasteiger partial charge on any atom is 0.306 e. The number of allylic oxidation sites excluding steroid dienone is 22. The molecule has 5 nitrogen and oxygen atoms in total. The number of hydrogen-bond donors (Lipinski definition) is 0. The van der Waals surface area contributed by atoms with Gasteiger partial charge in [-0.15, -0.1) is 0 Å². The third kappa shape index (κ3) is 50.7. The predicted molar refractivity (Wildman–Crippen MR) is 278 cm³/mol. The fourth-order valence-electron chi connectivity index (χ4n) is 6.40. The Bertz CT molecular complexity index is 1370. The number of hydrogen-bond acceptors (Lipinski definition) is 5. The first kappa shape index (κ1) is 60.0. The highest BCUT2D eigenvalue weighted by molar-refractivity contribution is 5.70. The summed E-state index contributed by atoms with van der Waals surface area (Å²) >= 11 is 0. The van der Waals surface area contributed by atoms with E-state index in [9.17, 15) is 9.59 Å². The second-order valence-corrected chi connectivity index (χ2v) is 16.3. The molecule has 0 saturated carbocycles. The SMILES string of the molecule is CC/C=C\C/C=C\C/C=C\C/C=C\C/C=C\CCCC(=O)OCC(COCCCCCCCC/C=C\C/C=C\CCC)OC(=O)CCCCCC/C=C\C/C=C\C/C=C\C/C=C\CC. The molecule has 1 unspecified atom stereocenters. The normalized spacial score (nSPS) is 13.4. The van der Waals surface area contributed by atoms with Crippen molar-refractivity contribution in [2.45, 2.75) is 207 Å². The van der Waals surface area contributed by atoms with Crippen LogP contribution >= 0.6 is 0 Å². The van der Waals surface area contributed by atoms with Crippen LogP contribution in [0.3, 0.4) is 0 Å². The smallest absolute Gasteiger partial charge is 0.306 e. The molecule has 0 aromatic carbocycles. The monoisotopic (exact) mass is 883 g/mol. The topological polar surface area (TPSA) is 61.8 Å². The van der Waals surface area contributed by atoms with E-state index in [0.717, 1.165) is 128 Å². The summed E-state index contributed by atoms with van der Waals surface area (Å²) in [5.41, 5.74) is 0. The third-order valence-electron chi connectivity index (χ3n) is 10.1. The molecule has 0 aromatic heterocycles. The first-order chi connectivity index (χ1) is 31.6. The van der Waals surface area contributed by atoms with Gasteiger partial charge in [0.15, 0.2) is 6.10 Å². The summed E-state index contributed by atoms with van der Waals surface area (Å²) in [5, 5.41) is 0. The summed E-state index contributed by atoms with van der Waals surface area (Å²) in [6.07, 6.45) is 76.0. The molecule has 0 aromatic rings. The van der Waals surface area contributed by atoms with Gasteiger partial charge in [0.2, 0.25) is 0 Å². The zero-order chi connectivity index (χ0) is 46.3. The molecule has 0 rings (SSSR count). The van der Waals surface area contributed by atoms with E-state index in [0.29, 0.717) is 19.4 Å². The number of ether oxygens (including phenoxy) is 3. The van der Waals surface area contributed by atoms with Gasteiger partial charge in [-0.2, -0.15) is 0 Å². The van der Waals surface area contributed by atoms with Crippen LogP contribution in [0.25, 0.3) is 0 Å². The van der Waals surface area contributed by atoms with Crippen LogP contribution < -0.4 is 0 Å². The summed E-state index contributed by atoms with van der Waals surface area (Å²) in [6, 6.07) is 0. The molecule has 0 fully saturated rings. The molecule has 0 radical (unpaired) electrons. The molecule has 0 aliphatic rings. The van der Waals surface area contributed by atoms with Crippen molar-refractivity contribution < 1.29 is 23.8 Å². The van der Waals surface area contributed by atoms with E-state index in [1.54, 1.807) is 0 Å². The minimum atomic E-state index is -0.587. The molecule has 0 heterocycles. The molecule has 64 heavy (non-hydrogen) atoms. The minimum Gasteiger partial charge on any atom is -0.462 e. The lowest BCUT2D eigenvalue weighted by Crippen LogP contribution is -2.30. The van der Waals surface area contributed by atoms with Crippen LogP contribution in [-0.4, -0.2) is 37.9 Å². The van der Waals surface area contributed by atoms with E-state index in [4.69, 9.17) is 14.2 Å². The van der Waals surface area contributed by atoms with E-state index in [2.05, 4.69) is 154 Å². The number of esters is 2. The second-order valence-electron chi connectivity index (χ2n) is 16.3. The lowest BCUT2D eigenvalue weighted by Gasteiger charge is -2.18. The number of carbonyl (C=O) groups is 2. The van der Waals surface area contributed by atoms with Gasteiger partial charge in [0.25, 0.3) is 0 Å². The largest absolute Gasteiger partial charge is 0.462 e. The van der Waals surface area contributed by atoms with Crippen molar-refractivity contribution in [1.82, 2.24) is 0 Å². The fourth-order valence-corrected chi connectivity index (χ4v) is 6.40. The lowest BCUT2D eigenvalue weighted by molar-refractivity contribution is -0.163. The maximum atomic E-state index is 12.8. The van der Waals surface area contributed by atoms with Crippen LogP contribution in [0.2, 0.25) is 0 Å². The number of unbranched alkanes of at least 4 members (excludes halogenated alkanes) is 12. The second kappa shape index (κ2) is 53.4. The van der Waals surface area contributed by atoms with Gasteiger partial charge in [0.05, 0.1) is 6.61 Å². The van der Waals surface area contributed by atoms with E-state index in [1.165, 1.54) is 38.5 Å². The van der Waals surface area contributed by atoms with Crippen LogP contribution in [0, 0.1) is 0 Å². The molecule has 0 saturated heterocycles. The fraction of sp³-hybridized carbons (Fsp3) is 0.593. The predicted octanol–water partition coefficient (Wildman–Crippen LogP) is 17.6. The Hall–Kier alpha value is -3.96. The molecule has 0 aliphatic heterocycles. The Morgan fingerprint density at radius 1 is 0.359 bits per heavy atom. The number of carbonyl (C=O) groups excluding carboxylic acids is 2. The van der Waals surface area contributed by atoms with Gasteiger partial charge in [-0.05, 0) is 122 Å². The zero-order valence-corrected chi connectivity index (χ0v) is 41.2. The molecule has 5 heteroatoms. The van der Waals surface area contributed by atoms with E-state index in [1.807, 2.05) is 0 Å². The van der Waals surface area contributed by atoms with Crippen molar-refractivity contribution in [3.05, 3.63) is 134 Å². The molecule has 0 bridgehead atoms. The molecule has 0 N–H and O–H groups in total. The van der Waals surface area contributed by atoms with Gasteiger partial charge in [-0.25, -0.2) is 0 Å². The maximum absolute atomic E-state index is 12.8. The van der Waals surface area contributed by atoms with Gasteiger partial charge >= 0.3 is 11.9 Å².